The molecule has 1 aromatic carbocycles. The van der Waals surface area contributed by atoms with Gasteiger partial charge in [0.1, 0.15) is 0 Å². The quantitative estimate of drug-likeness (QED) is 0.716. The predicted octanol–water partition coefficient (Wildman–Crippen LogP) is 3.31. The largest absolute Gasteiger partial charge is 0.295 e. The average Bonchev–Trinajstić information content (AvgIpc) is 2.40. The number of hydrogen-bond acceptors (Lipinski definition) is 1. The fraction of sp³-hybridized carbons (Fsp3) is 0.500. The number of rotatable bonds is 3. The molecule has 17 heavy (non-hydrogen) atoms. The molecule has 1 nitrogen and oxygen atoms in total. The third-order valence-electron chi connectivity index (χ3n) is 3.73. The Labute approximate surface area is 105 Å². The normalized spacial score (nSPS) is 22.9. The monoisotopic (exact) mass is 227 g/mol. The molecule has 90 valence electrons. The molecule has 2 atom stereocenters. The molecule has 2 rings (SSSR count). The second-order valence-corrected chi connectivity index (χ2v) is 4.97. The molecule has 0 saturated carbocycles. The molecule has 0 aromatic heterocycles. The van der Waals surface area contributed by atoms with E-state index in [1.165, 1.54) is 31.4 Å². The summed E-state index contributed by atoms with van der Waals surface area (Å²) in [6, 6.07) is 11.3. The Kier molecular flexibility index (Phi) is 4.23. The maximum absolute atomic E-state index is 5.58. The van der Waals surface area contributed by atoms with Gasteiger partial charge >= 0.3 is 0 Å². The molecule has 1 aliphatic heterocycles. The van der Waals surface area contributed by atoms with Gasteiger partial charge in [0.05, 0.1) is 0 Å². The number of likely N-dealkylation sites (tertiary alicyclic amines) is 1. The minimum Gasteiger partial charge on any atom is -0.295 e. The van der Waals surface area contributed by atoms with Crippen LogP contribution >= 0.6 is 0 Å². The van der Waals surface area contributed by atoms with Gasteiger partial charge < -0.3 is 0 Å². The van der Waals surface area contributed by atoms with Crippen molar-refractivity contribution in [3.8, 4) is 12.3 Å². The van der Waals surface area contributed by atoms with Gasteiger partial charge in [-0.1, -0.05) is 36.8 Å². The van der Waals surface area contributed by atoms with E-state index < -0.39 is 0 Å². The van der Waals surface area contributed by atoms with Gasteiger partial charge in [-0.05, 0) is 31.9 Å². The van der Waals surface area contributed by atoms with Gasteiger partial charge in [0, 0.05) is 18.5 Å². The molecule has 1 aliphatic rings. The Morgan fingerprint density at radius 2 is 2.12 bits per heavy atom. The lowest BCUT2D eigenvalue weighted by Crippen LogP contribution is -2.42. The van der Waals surface area contributed by atoms with E-state index >= 15 is 0 Å². The molecule has 0 bridgehead atoms. The highest BCUT2D eigenvalue weighted by Gasteiger charge is 2.25. The summed E-state index contributed by atoms with van der Waals surface area (Å²) in [5.74, 6) is 3.27. The summed E-state index contributed by atoms with van der Waals surface area (Å²) in [6.45, 7) is 4.40. The van der Waals surface area contributed by atoms with Gasteiger partial charge in [0.25, 0.3) is 0 Å². The van der Waals surface area contributed by atoms with Crippen molar-refractivity contribution >= 4 is 0 Å². The summed E-state index contributed by atoms with van der Waals surface area (Å²) < 4.78 is 0. The van der Waals surface area contributed by atoms with Crippen molar-refractivity contribution < 1.29 is 0 Å². The molecule has 0 radical (unpaired) electrons. The van der Waals surface area contributed by atoms with Crippen molar-refractivity contribution in [2.24, 2.45) is 5.92 Å². The molecule has 0 N–H and O–H groups in total. The molecule has 0 amide bonds. The van der Waals surface area contributed by atoms with Gasteiger partial charge in [-0.15, -0.1) is 12.3 Å². The predicted molar refractivity (Wildman–Crippen MR) is 72.5 cm³/mol. The van der Waals surface area contributed by atoms with Crippen LogP contribution in [0.25, 0.3) is 0 Å². The van der Waals surface area contributed by atoms with Crippen LogP contribution in [0.1, 0.15) is 31.7 Å². The zero-order chi connectivity index (χ0) is 12.1. The Morgan fingerprint density at radius 3 is 2.82 bits per heavy atom. The lowest BCUT2D eigenvalue weighted by molar-refractivity contribution is 0.116. The van der Waals surface area contributed by atoms with E-state index in [1.54, 1.807) is 0 Å². The highest BCUT2D eigenvalue weighted by molar-refractivity contribution is 5.15. The first-order valence-electron chi connectivity index (χ1n) is 6.55. The molecule has 1 heterocycles. The van der Waals surface area contributed by atoms with Crippen LogP contribution in [0.5, 0.6) is 0 Å². The zero-order valence-corrected chi connectivity index (χ0v) is 10.6. The standard InChI is InChI=1S/C16H21N/c1-3-14(2)16-11-7-8-12-17(16)13-15-9-5-4-6-10-15/h1,4-6,9-10,14,16H,7-8,11-13H2,2H3. The number of hydrogen-bond donors (Lipinski definition) is 0. The smallest absolute Gasteiger partial charge is 0.0327 e. The summed E-state index contributed by atoms with van der Waals surface area (Å²) in [6.07, 6.45) is 9.46. The van der Waals surface area contributed by atoms with E-state index in [1.807, 2.05) is 0 Å². The lowest BCUT2D eigenvalue weighted by atomic mass is 9.91. The van der Waals surface area contributed by atoms with E-state index in [2.05, 4.69) is 48.1 Å². The lowest BCUT2D eigenvalue weighted by Gasteiger charge is -2.37. The third kappa shape index (κ3) is 3.11. The molecule has 1 saturated heterocycles. The van der Waals surface area contributed by atoms with Crippen LogP contribution in [0.2, 0.25) is 0 Å². The second-order valence-electron chi connectivity index (χ2n) is 4.97. The average molecular weight is 227 g/mol. The van der Waals surface area contributed by atoms with Gasteiger partial charge in [0.2, 0.25) is 0 Å². The number of piperidine rings is 1. The molecule has 0 aliphatic carbocycles. The van der Waals surface area contributed by atoms with Crippen LogP contribution in [0.15, 0.2) is 30.3 Å². The summed E-state index contributed by atoms with van der Waals surface area (Å²) >= 11 is 0. The third-order valence-corrected chi connectivity index (χ3v) is 3.73. The van der Waals surface area contributed by atoms with Crippen LogP contribution in [0.3, 0.4) is 0 Å². The van der Waals surface area contributed by atoms with Crippen LogP contribution < -0.4 is 0 Å². The number of nitrogens with zero attached hydrogens (tertiary/aromatic N) is 1. The van der Waals surface area contributed by atoms with Gasteiger partial charge in [0.15, 0.2) is 0 Å². The van der Waals surface area contributed by atoms with Crippen molar-refractivity contribution in [1.29, 1.82) is 0 Å². The van der Waals surface area contributed by atoms with Crippen molar-refractivity contribution in [2.45, 2.75) is 38.8 Å². The van der Waals surface area contributed by atoms with E-state index in [4.69, 9.17) is 6.42 Å². The molecule has 1 heteroatoms. The zero-order valence-electron chi connectivity index (χ0n) is 10.6. The van der Waals surface area contributed by atoms with Crippen molar-refractivity contribution in [2.75, 3.05) is 6.54 Å². The van der Waals surface area contributed by atoms with Crippen LogP contribution in [-0.4, -0.2) is 17.5 Å². The fourth-order valence-electron chi connectivity index (χ4n) is 2.71. The SMILES string of the molecule is C#CC(C)C1CCCCN1Cc1ccccc1. The van der Waals surface area contributed by atoms with E-state index in [0.29, 0.717) is 12.0 Å². The molecule has 0 spiro atoms. The molecular formula is C16H21N. The topological polar surface area (TPSA) is 3.24 Å². The number of terminal acetylenes is 1. The van der Waals surface area contributed by atoms with Crippen LogP contribution in [0, 0.1) is 18.3 Å². The van der Waals surface area contributed by atoms with Crippen LogP contribution in [0.4, 0.5) is 0 Å². The summed E-state index contributed by atoms with van der Waals surface area (Å²) in [7, 11) is 0. The molecule has 1 aromatic rings. The number of benzene rings is 1. The minimum absolute atomic E-state index is 0.360. The summed E-state index contributed by atoms with van der Waals surface area (Å²) in [5.41, 5.74) is 1.39. The van der Waals surface area contributed by atoms with Gasteiger partial charge in [-0.3, -0.25) is 4.90 Å². The van der Waals surface area contributed by atoms with Gasteiger partial charge in [-0.25, -0.2) is 0 Å². The Hall–Kier alpha value is -1.26. The van der Waals surface area contributed by atoms with Crippen molar-refractivity contribution in [1.82, 2.24) is 4.90 Å². The molecular weight excluding hydrogens is 206 g/mol. The Balaban J connectivity index is 2.05. The van der Waals surface area contributed by atoms with Crippen molar-refractivity contribution in [3.63, 3.8) is 0 Å². The highest BCUT2D eigenvalue weighted by Crippen LogP contribution is 2.24. The Morgan fingerprint density at radius 1 is 1.35 bits per heavy atom. The molecule has 1 fully saturated rings. The van der Waals surface area contributed by atoms with Gasteiger partial charge in [-0.2, -0.15) is 0 Å². The Bertz CT molecular complexity index is 376. The maximum Gasteiger partial charge on any atom is 0.0327 e. The minimum atomic E-state index is 0.360. The highest BCUT2D eigenvalue weighted by atomic mass is 15.2. The summed E-state index contributed by atoms with van der Waals surface area (Å²) in [5, 5.41) is 0. The maximum atomic E-state index is 5.58. The first kappa shape index (κ1) is 12.2. The second kappa shape index (κ2) is 5.89. The van der Waals surface area contributed by atoms with E-state index in [0.717, 1.165) is 6.54 Å². The van der Waals surface area contributed by atoms with Crippen LogP contribution in [-0.2, 0) is 6.54 Å². The van der Waals surface area contributed by atoms with E-state index in [-0.39, 0.29) is 0 Å². The van der Waals surface area contributed by atoms with E-state index in [9.17, 15) is 0 Å². The first-order valence-corrected chi connectivity index (χ1v) is 6.55. The van der Waals surface area contributed by atoms with Crippen molar-refractivity contribution in [3.05, 3.63) is 35.9 Å². The first-order chi connectivity index (χ1) is 8.31. The summed E-state index contributed by atoms with van der Waals surface area (Å²) in [4.78, 5) is 2.56. The molecule has 2 unspecified atom stereocenters. The fourth-order valence-corrected chi connectivity index (χ4v) is 2.71.